The Bertz CT molecular complexity index is 2960. The van der Waals surface area contributed by atoms with Crippen molar-refractivity contribution in [3.63, 3.8) is 0 Å². The van der Waals surface area contributed by atoms with Crippen molar-refractivity contribution in [3.05, 3.63) is 203 Å². The van der Waals surface area contributed by atoms with Gasteiger partial charge in [0.15, 0.2) is 0 Å². The van der Waals surface area contributed by atoms with E-state index < -0.39 is 21.5 Å². The average Bonchev–Trinajstić information content (AvgIpc) is 3.95. The van der Waals surface area contributed by atoms with E-state index in [1.807, 2.05) is 0 Å². The molecule has 4 unspecified atom stereocenters. The first-order chi connectivity index (χ1) is 31.0. The van der Waals surface area contributed by atoms with Crippen LogP contribution in [0.1, 0.15) is 70.0 Å². The molecule has 2 aliphatic carbocycles. The van der Waals surface area contributed by atoms with Crippen LogP contribution in [-0.2, 0) is 15.6 Å². The SMILES string of the molecule is CCC(C)C1=Cc2c(-c3ccccc3-c3cccc4ccccc34)cccc2[CH]1[Zr]([Cl])([Cl])([CH]1C(C(C)CC)=Cc2c(-c3ccccc3-c3cccc4ccccc34)cccc21)[SiH](C)C. The number of hydrogen-bond acceptors (Lipinski definition) is 0. The molecule has 0 saturated heterocycles. The molecule has 8 aromatic carbocycles. The summed E-state index contributed by atoms with van der Waals surface area (Å²) in [6.07, 6.45) is 7.16. The maximum absolute atomic E-state index is 9.13. The van der Waals surface area contributed by atoms with Crippen LogP contribution in [0.4, 0.5) is 0 Å². The van der Waals surface area contributed by atoms with E-state index in [1.54, 1.807) is 0 Å². The van der Waals surface area contributed by atoms with E-state index >= 15 is 0 Å². The topological polar surface area (TPSA) is 0 Å². The molecule has 0 radical (unpaired) electrons. The summed E-state index contributed by atoms with van der Waals surface area (Å²) in [6.45, 7) is 14.5. The van der Waals surface area contributed by atoms with E-state index in [4.69, 9.17) is 17.0 Å². The Morgan fingerprint density at radius 1 is 0.422 bits per heavy atom. The summed E-state index contributed by atoms with van der Waals surface area (Å²) in [5.41, 5.74) is 18.2. The van der Waals surface area contributed by atoms with Crippen LogP contribution < -0.4 is 0 Å². The summed E-state index contributed by atoms with van der Waals surface area (Å²) >= 11 is -5.17. The van der Waals surface area contributed by atoms with Gasteiger partial charge >= 0.3 is 393 Å². The summed E-state index contributed by atoms with van der Waals surface area (Å²) < 4.78 is 0.00202. The minimum absolute atomic E-state index is 0.00101. The zero-order chi connectivity index (χ0) is 44.4. The van der Waals surface area contributed by atoms with Crippen LogP contribution >= 0.6 is 17.0 Å². The van der Waals surface area contributed by atoms with E-state index in [1.165, 1.54) is 99.5 Å². The Kier molecular flexibility index (Phi) is 11.5. The van der Waals surface area contributed by atoms with Crippen LogP contribution in [0.2, 0.25) is 13.1 Å². The average molecular weight is 968 g/mol. The van der Waals surface area contributed by atoms with E-state index in [0.717, 1.165) is 12.8 Å². The minimum atomic E-state index is -5.17. The number of hydrogen-bond donors (Lipinski definition) is 0. The van der Waals surface area contributed by atoms with Gasteiger partial charge < -0.3 is 0 Å². The summed E-state index contributed by atoms with van der Waals surface area (Å²) in [7, 11) is 18.3. The van der Waals surface area contributed by atoms with Crippen LogP contribution in [0, 0.1) is 11.8 Å². The molecule has 2 aliphatic rings. The van der Waals surface area contributed by atoms with E-state index in [2.05, 4.69) is 223 Å². The fourth-order valence-electron chi connectivity index (χ4n) is 11.5. The Hall–Kier alpha value is -4.56. The van der Waals surface area contributed by atoms with Gasteiger partial charge in [-0.3, -0.25) is 0 Å². The van der Waals surface area contributed by atoms with Gasteiger partial charge in [0.1, 0.15) is 0 Å². The van der Waals surface area contributed by atoms with Gasteiger partial charge in [-0.15, -0.1) is 0 Å². The van der Waals surface area contributed by atoms with Crippen molar-refractivity contribution >= 4 is 56.6 Å². The third-order valence-corrected chi connectivity index (χ3v) is 67.0. The molecule has 0 fully saturated rings. The van der Waals surface area contributed by atoms with Crippen LogP contribution in [0.15, 0.2) is 181 Å². The number of rotatable bonds is 11. The monoisotopic (exact) mass is 965 g/mol. The van der Waals surface area contributed by atoms with Gasteiger partial charge in [0.05, 0.1) is 0 Å². The Balaban J connectivity index is 1.18. The maximum atomic E-state index is 9.13. The van der Waals surface area contributed by atoms with E-state index in [9.17, 15) is 0 Å². The van der Waals surface area contributed by atoms with Gasteiger partial charge in [-0.05, 0) is 0 Å². The first-order valence-electron chi connectivity index (χ1n) is 23.5. The summed E-state index contributed by atoms with van der Waals surface area (Å²) in [5.74, 6) is -1.16. The predicted octanol–water partition coefficient (Wildman–Crippen LogP) is 18.3. The number of allylic oxidation sites excluding steroid dienone is 2. The standard InChI is InChI=1S/2C29H25.C2H7Si.2ClH.Zr/c2*1-3-20(2)23-18-22-12-9-17-28(29(22)19-23)27-15-7-6-14-26(27)25-16-8-11-21-10-4-5-13-24(21)25;1-3-2;;;/h2*4-20H,3H2,1-2H3;3H,1-2H3;2*1H;/q;;;;;+2/p-2. The molecule has 319 valence electrons. The van der Waals surface area contributed by atoms with Gasteiger partial charge in [0, 0.05) is 0 Å². The van der Waals surface area contributed by atoms with E-state index in [-0.39, 0.29) is 7.25 Å². The van der Waals surface area contributed by atoms with E-state index in [0.29, 0.717) is 11.8 Å². The molecule has 0 bridgehead atoms. The molecule has 10 rings (SSSR count). The van der Waals surface area contributed by atoms with Crippen molar-refractivity contribution in [2.45, 2.75) is 60.9 Å². The first-order valence-corrected chi connectivity index (χ1v) is 39.8. The normalized spacial score (nSPS) is 17.4. The quantitative estimate of drug-likeness (QED) is 0.113. The second-order valence-corrected chi connectivity index (χ2v) is 61.4. The molecule has 0 saturated carbocycles. The Labute approximate surface area is 389 Å². The van der Waals surface area contributed by atoms with Crippen molar-refractivity contribution in [1.29, 1.82) is 0 Å². The van der Waals surface area contributed by atoms with Crippen LogP contribution in [0.5, 0.6) is 0 Å². The van der Waals surface area contributed by atoms with Gasteiger partial charge in [-0.2, -0.15) is 0 Å². The summed E-state index contributed by atoms with van der Waals surface area (Å²) in [4.78, 5) is 0. The van der Waals surface area contributed by atoms with Gasteiger partial charge in [-0.1, -0.05) is 0 Å². The van der Waals surface area contributed by atoms with Crippen molar-refractivity contribution in [2.24, 2.45) is 11.8 Å². The predicted molar refractivity (Wildman–Crippen MR) is 281 cm³/mol. The molecule has 8 aromatic rings. The molecule has 4 atom stereocenters. The second-order valence-electron chi connectivity index (χ2n) is 18.9. The second kappa shape index (κ2) is 17.0. The summed E-state index contributed by atoms with van der Waals surface area (Å²) in [5, 5.41) is 5.04. The molecular weight excluding hydrogens is 911 g/mol. The number of fused-ring (bicyclic) bond motifs is 4. The number of benzene rings is 8. The molecule has 4 heteroatoms. The molecule has 0 spiro atoms. The molecule has 0 heterocycles. The van der Waals surface area contributed by atoms with Crippen LogP contribution in [-0.4, -0.2) is 5.92 Å². The molecule has 0 N–H and O–H groups in total. The fraction of sp³-hybridized carbons (Fsp3) is 0.200. The van der Waals surface area contributed by atoms with Crippen LogP contribution in [0.3, 0.4) is 0 Å². The molecule has 0 aromatic heterocycles. The first kappa shape index (κ1) is 43.3. The fourth-order valence-corrected chi connectivity index (χ4v) is 42.8. The zero-order valence-electron chi connectivity index (χ0n) is 37.9. The Morgan fingerprint density at radius 3 is 1.12 bits per heavy atom. The third kappa shape index (κ3) is 6.85. The van der Waals surface area contributed by atoms with Crippen molar-refractivity contribution in [1.82, 2.24) is 0 Å². The Morgan fingerprint density at radius 2 is 0.734 bits per heavy atom. The third-order valence-electron chi connectivity index (χ3n) is 15.4. The summed E-state index contributed by atoms with van der Waals surface area (Å²) in [6, 6.07) is 62.9. The van der Waals surface area contributed by atoms with Gasteiger partial charge in [0.2, 0.25) is 0 Å². The zero-order valence-corrected chi connectivity index (χ0v) is 43.0. The van der Waals surface area contributed by atoms with Gasteiger partial charge in [0.25, 0.3) is 0 Å². The van der Waals surface area contributed by atoms with Crippen molar-refractivity contribution in [2.75, 3.05) is 0 Å². The molecule has 0 amide bonds. The molecular formula is C60H57Cl2SiZr. The number of halogens is 2. The molecule has 0 aliphatic heterocycles. The van der Waals surface area contributed by atoms with Gasteiger partial charge in [-0.25, -0.2) is 0 Å². The van der Waals surface area contributed by atoms with Crippen LogP contribution in [0.25, 0.3) is 78.2 Å². The molecule has 64 heavy (non-hydrogen) atoms. The molecule has 0 nitrogen and oxygen atoms in total. The van der Waals surface area contributed by atoms with Crippen molar-refractivity contribution < 1.29 is 15.6 Å². The van der Waals surface area contributed by atoms with Crippen molar-refractivity contribution in [3.8, 4) is 44.5 Å².